The van der Waals surface area contributed by atoms with E-state index in [-0.39, 0.29) is 17.7 Å². The summed E-state index contributed by atoms with van der Waals surface area (Å²) in [7, 11) is 0. The molecule has 4 rings (SSSR count). The fourth-order valence-electron chi connectivity index (χ4n) is 3.03. The average molecular weight is 417 g/mol. The zero-order valence-electron chi connectivity index (χ0n) is 16.4. The number of aromatic carboxylic acids is 1. The monoisotopic (exact) mass is 417 g/mol. The molecule has 31 heavy (non-hydrogen) atoms. The quantitative estimate of drug-likeness (QED) is 0.635. The smallest absolute Gasteiger partial charge is 0.354 e. The van der Waals surface area contributed by atoms with E-state index in [0.717, 1.165) is 11.1 Å². The first-order valence-corrected chi connectivity index (χ1v) is 9.60. The van der Waals surface area contributed by atoms with Crippen molar-refractivity contribution in [1.29, 1.82) is 0 Å². The molecule has 156 valence electrons. The van der Waals surface area contributed by atoms with Crippen LogP contribution in [0.1, 0.15) is 44.5 Å². The summed E-state index contributed by atoms with van der Waals surface area (Å²) in [6.07, 6.45) is 1.39. The highest BCUT2D eigenvalue weighted by atomic mass is 16.7. The van der Waals surface area contributed by atoms with Gasteiger partial charge in [0.05, 0.1) is 12.6 Å². The molecular weight excluding hydrogens is 398 g/mol. The van der Waals surface area contributed by atoms with E-state index in [4.69, 9.17) is 14.7 Å². The number of amides is 1. The number of benzene rings is 2. The third-order valence-corrected chi connectivity index (χ3v) is 4.67. The van der Waals surface area contributed by atoms with Gasteiger partial charge in [-0.1, -0.05) is 47.6 Å². The van der Waals surface area contributed by atoms with Gasteiger partial charge in [0.25, 0.3) is 5.91 Å². The molecule has 0 aliphatic carbocycles. The minimum atomic E-state index is -1.11. The number of carboxylic acids is 1. The maximum atomic E-state index is 12.3. The summed E-state index contributed by atoms with van der Waals surface area (Å²) in [5.74, 6) is -0.524. The Hall–Kier alpha value is -4.20. The first-order chi connectivity index (χ1) is 15.1. The second kappa shape index (κ2) is 9.08. The summed E-state index contributed by atoms with van der Waals surface area (Å²) in [4.78, 5) is 32.4. The summed E-state index contributed by atoms with van der Waals surface area (Å²) >= 11 is 0. The van der Waals surface area contributed by atoms with Crippen LogP contribution >= 0.6 is 0 Å². The lowest BCUT2D eigenvalue weighted by Crippen LogP contribution is -2.22. The molecule has 1 aromatic heterocycles. The number of hydrogen-bond donors (Lipinski definition) is 2. The molecule has 2 N–H and O–H groups in total. The molecule has 0 radical (unpaired) electrons. The molecule has 1 amide bonds. The van der Waals surface area contributed by atoms with Gasteiger partial charge in [-0.2, -0.15) is 0 Å². The predicted molar refractivity (Wildman–Crippen MR) is 112 cm³/mol. The van der Waals surface area contributed by atoms with Crippen molar-refractivity contribution in [3.63, 3.8) is 0 Å². The molecule has 1 aliphatic heterocycles. The van der Waals surface area contributed by atoms with Crippen LogP contribution in [0.3, 0.4) is 0 Å². The Morgan fingerprint density at radius 3 is 2.52 bits per heavy atom. The number of nitrogens with zero attached hydrogens (tertiary/aromatic N) is 2. The molecule has 2 aromatic carbocycles. The zero-order chi connectivity index (χ0) is 21.6. The van der Waals surface area contributed by atoms with Gasteiger partial charge in [0.1, 0.15) is 11.4 Å². The van der Waals surface area contributed by atoms with Gasteiger partial charge in [-0.25, -0.2) is 9.78 Å². The molecule has 0 spiro atoms. The van der Waals surface area contributed by atoms with E-state index >= 15 is 0 Å². The molecule has 0 fully saturated rings. The van der Waals surface area contributed by atoms with Gasteiger partial charge in [-0.15, -0.1) is 0 Å². The van der Waals surface area contributed by atoms with Gasteiger partial charge in [0.15, 0.2) is 6.10 Å². The first kappa shape index (κ1) is 20.1. The molecule has 1 aliphatic rings. The van der Waals surface area contributed by atoms with E-state index in [1.165, 1.54) is 18.3 Å². The van der Waals surface area contributed by atoms with Crippen LogP contribution in [0.5, 0.6) is 5.75 Å². The summed E-state index contributed by atoms with van der Waals surface area (Å²) in [5.41, 5.74) is 2.38. The van der Waals surface area contributed by atoms with Crippen molar-refractivity contribution in [1.82, 2.24) is 10.3 Å². The van der Waals surface area contributed by atoms with Crippen LogP contribution in [-0.2, 0) is 11.4 Å². The minimum Gasteiger partial charge on any atom is -0.477 e. The molecule has 3 aromatic rings. The van der Waals surface area contributed by atoms with E-state index in [9.17, 15) is 9.59 Å². The van der Waals surface area contributed by atoms with Crippen molar-refractivity contribution < 1.29 is 24.3 Å². The predicted octanol–water partition coefficient (Wildman–Crippen LogP) is 3.56. The Bertz CT molecular complexity index is 1100. The Morgan fingerprint density at radius 2 is 1.84 bits per heavy atom. The number of carbonyl (C=O) groups excluding carboxylic acids is 1. The van der Waals surface area contributed by atoms with Gasteiger partial charge >= 0.3 is 5.97 Å². The third kappa shape index (κ3) is 5.05. The van der Waals surface area contributed by atoms with Crippen molar-refractivity contribution in [2.75, 3.05) is 0 Å². The first-order valence-electron chi connectivity index (χ1n) is 9.60. The number of rotatable bonds is 6. The Kier molecular flexibility index (Phi) is 5.89. The largest absolute Gasteiger partial charge is 0.477 e. The Morgan fingerprint density at radius 1 is 1.06 bits per heavy atom. The summed E-state index contributed by atoms with van der Waals surface area (Å²) < 4.78 is 5.60. The fourth-order valence-corrected chi connectivity index (χ4v) is 3.03. The lowest BCUT2D eigenvalue weighted by molar-refractivity contribution is 0.0690. The van der Waals surface area contributed by atoms with Crippen LogP contribution < -0.4 is 10.1 Å². The SMILES string of the molecule is O=C(NCc1ccccc1)c1ccc([C@H]2CC(Oc3ccc(C(=O)O)nc3)=NO2)cc1. The maximum absolute atomic E-state index is 12.3. The molecule has 8 nitrogen and oxygen atoms in total. The van der Waals surface area contributed by atoms with Crippen LogP contribution in [0.4, 0.5) is 0 Å². The van der Waals surface area contributed by atoms with E-state index < -0.39 is 5.97 Å². The summed E-state index contributed by atoms with van der Waals surface area (Å²) in [5, 5.41) is 15.7. The minimum absolute atomic E-state index is 0.0669. The standard InChI is InChI=1S/C23H19N3O5/c27-22(25-13-15-4-2-1-3-5-15)17-8-6-16(7-9-17)20-12-21(26-31-20)30-18-10-11-19(23(28)29)24-14-18/h1-11,14,20H,12-13H2,(H,25,27)(H,28,29)/t20-/m1/s1. The topological polar surface area (TPSA) is 110 Å². The number of aromatic nitrogens is 1. The average Bonchev–Trinajstić information content (AvgIpc) is 3.27. The number of nitrogens with one attached hydrogen (secondary N) is 1. The third-order valence-electron chi connectivity index (χ3n) is 4.67. The van der Waals surface area contributed by atoms with Crippen LogP contribution in [0.25, 0.3) is 0 Å². The number of pyridine rings is 1. The van der Waals surface area contributed by atoms with Crippen LogP contribution in [0.2, 0.25) is 0 Å². The van der Waals surface area contributed by atoms with E-state index in [1.54, 1.807) is 12.1 Å². The van der Waals surface area contributed by atoms with Gasteiger partial charge in [-0.05, 0) is 35.4 Å². The highest BCUT2D eigenvalue weighted by Gasteiger charge is 2.25. The molecule has 2 heterocycles. The molecule has 0 unspecified atom stereocenters. The molecular formula is C23H19N3O5. The molecule has 1 atom stereocenters. The lowest BCUT2D eigenvalue weighted by atomic mass is 10.0. The van der Waals surface area contributed by atoms with Crippen molar-refractivity contribution in [3.05, 3.63) is 95.3 Å². The van der Waals surface area contributed by atoms with Crippen LogP contribution in [0, 0.1) is 0 Å². The summed E-state index contributed by atoms with van der Waals surface area (Å²) in [6.45, 7) is 0.462. The summed E-state index contributed by atoms with van der Waals surface area (Å²) in [6, 6.07) is 19.7. The number of hydrogen-bond acceptors (Lipinski definition) is 6. The van der Waals surface area contributed by atoms with E-state index in [2.05, 4.69) is 15.5 Å². The van der Waals surface area contributed by atoms with Crippen LogP contribution in [0.15, 0.2) is 78.1 Å². The number of oxime groups is 1. The van der Waals surface area contributed by atoms with Crippen LogP contribution in [-0.4, -0.2) is 27.9 Å². The van der Waals surface area contributed by atoms with E-state index in [0.29, 0.717) is 30.2 Å². The van der Waals surface area contributed by atoms with Crippen molar-refractivity contribution >= 4 is 17.8 Å². The Labute approximate surface area is 178 Å². The lowest BCUT2D eigenvalue weighted by Gasteiger charge is -2.10. The van der Waals surface area contributed by atoms with Crippen molar-refractivity contribution in [3.8, 4) is 5.75 Å². The van der Waals surface area contributed by atoms with Crippen molar-refractivity contribution in [2.45, 2.75) is 19.1 Å². The van der Waals surface area contributed by atoms with Gasteiger partial charge in [0.2, 0.25) is 5.90 Å². The van der Waals surface area contributed by atoms with Gasteiger partial charge in [-0.3, -0.25) is 4.79 Å². The molecule has 0 saturated carbocycles. The molecule has 0 bridgehead atoms. The fraction of sp³-hybridized carbons (Fsp3) is 0.130. The number of ether oxygens (including phenoxy) is 1. The molecule has 8 heteroatoms. The second-order valence-corrected chi connectivity index (χ2v) is 6.86. The van der Waals surface area contributed by atoms with Gasteiger partial charge in [0, 0.05) is 12.1 Å². The zero-order valence-corrected chi connectivity index (χ0v) is 16.4. The van der Waals surface area contributed by atoms with Crippen molar-refractivity contribution in [2.24, 2.45) is 5.16 Å². The van der Waals surface area contributed by atoms with Gasteiger partial charge < -0.3 is 20.0 Å². The molecule has 0 saturated heterocycles. The second-order valence-electron chi connectivity index (χ2n) is 6.86. The van der Waals surface area contributed by atoms with E-state index in [1.807, 2.05) is 42.5 Å². The number of carbonyl (C=O) groups is 2. The maximum Gasteiger partial charge on any atom is 0.354 e. The number of carboxylic acid groups (broad SMARTS) is 1. The normalized spacial score (nSPS) is 15.0. The highest BCUT2D eigenvalue weighted by molar-refractivity contribution is 5.94. The highest BCUT2D eigenvalue weighted by Crippen LogP contribution is 2.28. The Balaban J connectivity index is 1.30.